The van der Waals surface area contributed by atoms with Crippen molar-refractivity contribution in [3.8, 4) is 33.4 Å². The highest BCUT2D eigenvalue weighted by atomic mass is 16.3. The van der Waals surface area contributed by atoms with E-state index in [1.807, 2.05) is 12.1 Å². The van der Waals surface area contributed by atoms with Gasteiger partial charge in [0.15, 0.2) is 0 Å². The first kappa shape index (κ1) is 32.0. The van der Waals surface area contributed by atoms with Gasteiger partial charge in [-0.15, -0.1) is 0 Å². The van der Waals surface area contributed by atoms with E-state index in [1.165, 1.54) is 60.1 Å². The number of hydrogen-bond acceptors (Lipinski definition) is 2. The summed E-state index contributed by atoms with van der Waals surface area (Å²) in [7, 11) is 0. The third-order valence-corrected chi connectivity index (χ3v) is 11.2. The minimum absolute atomic E-state index is 0.870. The molecule has 56 heavy (non-hydrogen) atoms. The van der Waals surface area contributed by atoms with E-state index in [0.29, 0.717) is 0 Å². The maximum atomic E-state index is 6.39. The highest BCUT2D eigenvalue weighted by Crippen LogP contribution is 2.44. The molecule has 0 N–H and O–H groups in total. The molecular formula is C54H35NO. The fraction of sp³-hybridized carbons (Fsp3) is 0. The minimum atomic E-state index is 0.870. The predicted molar refractivity (Wildman–Crippen MR) is 237 cm³/mol. The van der Waals surface area contributed by atoms with Crippen LogP contribution in [0.2, 0.25) is 0 Å². The highest BCUT2D eigenvalue weighted by Gasteiger charge is 2.20. The molecule has 0 unspecified atom stereocenters. The Morgan fingerprint density at radius 1 is 0.286 bits per heavy atom. The van der Waals surface area contributed by atoms with E-state index < -0.39 is 0 Å². The Bertz CT molecular complexity index is 3250. The van der Waals surface area contributed by atoms with E-state index in [-0.39, 0.29) is 0 Å². The van der Waals surface area contributed by atoms with Crippen LogP contribution in [0.15, 0.2) is 217 Å². The number of nitrogens with zero attached hydrogens (tertiary/aromatic N) is 1. The van der Waals surface area contributed by atoms with Crippen LogP contribution >= 0.6 is 0 Å². The van der Waals surface area contributed by atoms with E-state index in [0.717, 1.165) is 44.6 Å². The summed E-state index contributed by atoms with van der Waals surface area (Å²) in [5, 5.41) is 9.75. The minimum Gasteiger partial charge on any atom is -0.456 e. The Labute approximate surface area is 325 Å². The Balaban J connectivity index is 1.000. The van der Waals surface area contributed by atoms with Crippen LogP contribution in [0.3, 0.4) is 0 Å². The molecule has 0 aliphatic rings. The number of hydrogen-bond donors (Lipinski definition) is 0. The zero-order valence-electron chi connectivity index (χ0n) is 30.6. The zero-order chi connectivity index (χ0) is 37.0. The summed E-state index contributed by atoms with van der Waals surface area (Å²) in [6, 6.07) is 76.5. The first-order valence-electron chi connectivity index (χ1n) is 19.2. The molecule has 2 heteroatoms. The smallest absolute Gasteiger partial charge is 0.137 e. The van der Waals surface area contributed by atoms with Crippen molar-refractivity contribution in [3.05, 3.63) is 212 Å². The second kappa shape index (κ2) is 13.2. The summed E-state index contributed by atoms with van der Waals surface area (Å²) in [4.78, 5) is 2.37. The molecule has 0 fully saturated rings. The summed E-state index contributed by atoms with van der Waals surface area (Å²) >= 11 is 0. The maximum Gasteiger partial charge on any atom is 0.137 e. The van der Waals surface area contributed by atoms with Crippen molar-refractivity contribution in [2.75, 3.05) is 4.90 Å². The number of rotatable bonds is 6. The highest BCUT2D eigenvalue weighted by molar-refractivity contribution is 6.13. The zero-order valence-corrected chi connectivity index (χ0v) is 30.6. The van der Waals surface area contributed by atoms with Gasteiger partial charge in [0.25, 0.3) is 0 Å². The summed E-state index contributed by atoms with van der Waals surface area (Å²) in [5.74, 6) is 0. The molecule has 11 rings (SSSR count). The van der Waals surface area contributed by atoms with Crippen LogP contribution in [0.25, 0.3) is 87.6 Å². The fourth-order valence-electron chi connectivity index (χ4n) is 8.41. The Morgan fingerprint density at radius 3 is 1.66 bits per heavy atom. The van der Waals surface area contributed by atoms with Gasteiger partial charge in [-0.2, -0.15) is 0 Å². The average molecular weight is 714 g/mol. The van der Waals surface area contributed by atoms with Gasteiger partial charge in [0.2, 0.25) is 0 Å². The van der Waals surface area contributed by atoms with Gasteiger partial charge < -0.3 is 9.32 Å². The second-order valence-electron chi connectivity index (χ2n) is 14.5. The maximum absolute atomic E-state index is 6.39. The molecule has 0 atom stereocenters. The number of para-hydroxylation sites is 1. The van der Waals surface area contributed by atoms with Crippen molar-refractivity contribution in [3.63, 3.8) is 0 Å². The van der Waals surface area contributed by atoms with Crippen molar-refractivity contribution in [1.29, 1.82) is 0 Å². The molecule has 0 saturated carbocycles. The lowest BCUT2D eigenvalue weighted by Crippen LogP contribution is -2.10. The molecule has 10 aromatic carbocycles. The molecule has 1 heterocycles. The molecule has 0 aliphatic heterocycles. The molecular weight excluding hydrogens is 679 g/mol. The third kappa shape index (κ3) is 5.51. The monoisotopic (exact) mass is 713 g/mol. The van der Waals surface area contributed by atoms with Crippen LogP contribution in [0.5, 0.6) is 0 Å². The molecule has 262 valence electrons. The summed E-state index contributed by atoms with van der Waals surface area (Å²) < 4.78 is 6.39. The van der Waals surface area contributed by atoms with Gasteiger partial charge in [-0.1, -0.05) is 158 Å². The van der Waals surface area contributed by atoms with Gasteiger partial charge in [-0.25, -0.2) is 0 Å². The van der Waals surface area contributed by atoms with E-state index in [1.54, 1.807) is 0 Å². The van der Waals surface area contributed by atoms with Crippen LogP contribution in [0.4, 0.5) is 17.1 Å². The molecule has 0 spiro atoms. The normalized spacial score (nSPS) is 11.6. The lowest BCUT2D eigenvalue weighted by atomic mass is 9.97. The van der Waals surface area contributed by atoms with E-state index >= 15 is 0 Å². The number of fused-ring (bicyclic) bond motifs is 7. The second-order valence-corrected chi connectivity index (χ2v) is 14.5. The van der Waals surface area contributed by atoms with Crippen LogP contribution < -0.4 is 4.90 Å². The molecule has 1 aromatic heterocycles. The lowest BCUT2D eigenvalue weighted by Gasteiger charge is -2.27. The number of anilines is 3. The summed E-state index contributed by atoms with van der Waals surface area (Å²) in [6.45, 7) is 0. The van der Waals surface area contributed by atoms with Crippen LogP contribution in [0.1, 0.15) is 0 Å². The van der Waals surface area contributed by atoms with Gasteiger partial charge >= 0.3 is 0 Å². The first-order valence-corrected chi connectivity index (χ1v) is 19.2. The van der Waals surface area contributed by atoms with Crippen molar-refractivity contribution < 1.29 is 4.42 Å². The first-order chi connectivity index (χ1) is 27.7. The quantitative estimate of drug-likeness (QED) is 0.160. The SMILES string of the molecule is c1cc(-c2ccc3c(ccc4ccccc43)c2)cc(N(c2ccc(-c3ccc(-c4ccc5ccccc5c4)cc3)cc2)c2cccc3oc4ccccc4c23)c1. The van der Waals surface area contributed by atoms with Crippen LogP contribution in [0, 0.1) is 0 Å². The standard InChI is InChI=1S/C54H35NO/c1-2-11-41-33-43(25-23-36(41)9-1)39-21-19-37(20-22-39)38-27-30-46(31-28-38)55(51-16-8-18-53-54(51)50-15-5-6-17-52(50)56-53)47-13-7-12-42(35-47)44-29-32-49-45(34-44)26-24-40-10-3-4-14-48(40)49/h1-35H. The number of benzene rings is 10. The number of furan rings is 1. The molecule has 0 bridgehead atoms. The lowest BCUT2D eigenvalue weighted by molar-refractivity contribution is 0.669. The van der Waals surface area contributed by atoms with Crippen LogP contribution in [-0.2, 0) is 0 Å². The Kier molecular flexibility index (Phi) is 7.53. The Morgan fingerprint density at radius 2 is 0.821 bits per heavy atom. The van der Waals surface area contributed by atoms with Crippen molar-refractivity contribution >= 4 is 71.3 Å². The molecule has 0 radical (unpaired) electrons. The predicted octanol–water partition coefficient (Wildman–Crippen LogP) is 15.5. The van der Waals surface area contributed by atoms with Crippen molar-refractivity contribution in [1.82, 2.24) is 0 Å². The van der Waals surface area contributed by atoms with Gasteiger partial charge in [-0.05, 0) is 120 Å². The topological polar surface area (TPSA) is 16.4 Å². The van der Waals surface area contributed by atoms with Crippen molar-refractivity contribution in [2.24, 2.45) is 0 Å². The molecule has 2 nitrogen and oxygen atoms in total. The Hall–Kier alpha value is -7.42. The third-order valence-electron chi connectivity index (χ3n) is 11.2. The fourth-order valence-corrected chi connectivity index (χ4v) is 8.41. The molecule has 11 aromatic rings. The molecule has 0 saturated heterocycles. The van der Waals surface area contributed by atoms with Gasteiger partial charge in [0.05, 0.1) is 11.1 Å². The largest absolute Gasteiger partial charge is 0.456 e. The van der Waals surface area contributed by atoms with Crippen LogP contribution in [-0.4, -0.2) is 0 Å². The molecule has 0 amide bonds. The van der Waals surface area contributed by atoms with Gasteiger partial charge in [0.1, 0.15) is 11.2 Å². The van der Waals surface area contributed by atoms with Crippen molar-refractivity contribution in [2.45, 2.75) is 0 Å². The summed E-state index contributed by atoms with van der Waals surface area (Å²) in [6.07, 6.45) is 0. The van der Waals surface area contributed by atoms with Gasteiger partial charge in [-0.3, -0.25) is 0 Å². The van der Waals surface area contributed by atoms with E-state index in [4.69, 9.17) is 4.42 Å². The van der Waals surface area contributed by atoms with Gasteiger partial charge in [0, 0.05) is 16.8 Å². The molecule has 0 aliphatic carbocycles. The average Bonchev–Trinajstić information content (AvgIpc) is 3.66. The summed E-state index contributed by atoms with van der Waals surface area (Å²) in [5.41, 5.74) is 12.1. The van der Waals surface area contributed by atoms with E-state index in [2.05, 4.69) is 205 Å². The van der Waals surface area contributed by atoms with E-state index in [9.17, 15) is 0 Å².